The predicted octanol–water partition coefficient (Wildman–Crippen LogP) is 1.59. The van der Waals surface area contributed by atoms with Gasteiger partial charge in [0.05, 0.1) is 13.7 Å². The highest BCUT2D eigenvalue weighted by atomic mass is 79.9. The standard InChI is InChI=1S/C14H18BrNO4/c1-9(10-3-5-11(15)6-4-10)7-13(18)16-8-12(17)14(19)20-2/h3-6,9,12,17H,7-8H2,1-2H3,(H,16,18). The Labute approximate surface area is 126 Å². The molecule has 1 amide bonds. The summed E-state index contributed by atoms with van der Waals surface area (Å²) in [7, 11) is 1.18. The number of ether oxygens (including phenoxy) is 1. The Morgan fingerprint density at radius 1 is 1.35 bits per heavy atom. The number of hydrogen-bond donors (Lipinski definition) is 2. The molecule has 2 atom stereocenters. The second kappa shape index (κ2) is 8.01. The average molecular weight is 344 g/mol. The van der Waals surface area contributed by atoms with Gasteiger partial charge in [0.1, 0.15) is 0 Å². The van der Waals surface area contributed by atoms with Gasteiger partial charge < -0.3 is 15.2 Å². The van der Waals surface area contributed by atoms with Crippen molar-refractivity contribution in [1.82, 2.24) is 5.32 Å². The fourth-order valence-corrected chi connectivity index (χ4v) is 1.95. The molecule has 0 fully saturated rings. The highest BCUT2D eigenvalue weighted by Crippen LogP contribution is 2.21. The van der Waals surface area contributed by atoms with Crippen LogP contribution in [0.4, 0.5) is 0 Å². The maximum Gasteiger partial charge on any atom is 0.336 e. The van der Waals surface area contributed by atoms with Crippen LogP contribution >= 0.6 is 15.9 Å². The molecule has 1 rings (SSSR count). The van der Waals surface area contributed by atoms with Crippen molar-refractivity contribution in [2.45, 2.75) is 25.4 Å². The Balaban J connectivity index is 2.42. The molecule has 5 nitrogen and oxygen atoms in total. The monoisotopic (exact) mass is 343 g/mol. The molecule has 0 heterocycles. The summed E-state index contributed by atoms with van der Waals surface area (Å²) >= 11 is 3.36. The third-order valence-electron chi connectivity index (χ3n) is 2.90. The van der Waals surface area contributed by atoms with Crippen molar-refractivity contribution < 1.29 is 19.4 Å². The van der Waals surface area contributed by atoms with E-state index in [2.05, 4.69) is 26.0 Å². The van der Waals surface area contributed by atoms with Crippen LogP contribution in [-0.4, -0.2) is 36.7 Å². The first-order valence-electron chi connectivity index (χ1n) is 6.22. The van der Waals surface area contributed by atoms with E-state index in [1.54, 1.807) is 0 Å². The largest absolute Gasteiger partial charge is 0.467 e. The Morgan fingerprint density at radius 2 is 1.95 bits per heavy atom. The molecule has 0 aromatic heterocycles. The molecule has 0 spiro atoms. The van der Waals surface area contributed by atoms with Crippen LogP contribution in [-0.2, 0) is 14.3 Å². The van der Waals surface area contributed by atoms with Gasteiger partial charge in [-0.2, -0.15) is 0 Å². The van der Waals surface area contributed by atoms with E-state index in [4.69, 9.17) is 0 Å². The van der Waals surface area contributed by atoms with Crippen LogP contribution in [0, 0.1) is 0 Å². The molecule has 2 N–H and O–H groups in total. The molecule has 1 aromatic rings. The maximum absolute atomic E-state index is 11.7. The SMILES string of the molecule is COC(=O)C(O)CNC(=O)CC(C)c1ccc(Br)cc1. The zero-order chi connectivity index (χ0) is 15.1. The number of carbonyl (C=O) groups excluding carboxylic acids is 2. The van der Waals surface area contributed by atoms with E-state index in [1.807, 2.05) is 31.2 Å². The van der Waals surface area contributed by atoms with Crippen molar-refractivity contribution in [2.24, 2.45) is 0 Å². The minimum Gasteiger partial charge on any atom is -0.467 e. The number of esters is 1. The normalized spacial score (nSPS) is 13.4. The molecule has 0 radical (unpaired) electrons. The molecule has 0 aliphatic carbocycles. The van der Waals surface area contributed by atoms with Gasteiger partial charge in [-0.3, -0.25) is 4.79 Å². The third kappa shape index (κ3) is 5.30. The molecule has 0 saturated heterocycles. The smallest absolute Gasteiger partial charge is 0.336 e. The number of nitrogens with one attached hydrogen (secondary N) is 1. The van der Waals surface area contributed by atoms with Crippen LogP contribution in [0.15, 0.2) is 28.7 Å². The summed E-state index contributed by atoms with van der Waals surface area (Å²) in [5, 5.41) is 11.9. The summed E-state index contributed by atoms with van der Waals surface area (Å²) < 4.78 is 5.35. The number of aliphatic hydroxyl groups excluding tert-OH is 1. The van der Waals surface area contributed by atoms with Crippen molar-refractivity contribution in [3.63, 3.8) is 0 Å². The zero-order valence-corrected chi connectivity index (χ0v) is 13.0. The number of rotatable bonds is 6. The fraction of sp³-hybridized carbons (Fsp3) is 0.429. The average Bonchev–Trinajstić information content (AvgIpc) is 2.44. The Hall–Kier alpha value is -1.40. The quantitative estimate of drug-likeness (QED) is 0.769. The van der Waals surface area contributed by atoms with E-state index in [0.29, 0.717) is 0 Å². The zero-order valence-electron chi connectivity index (χ0n) is 11.4. The third-order valence-corrected chi connectivity index (χ3v) is 3.43. The number of aliphatic hydroxyl groups is 1. The van der Waals surface area contributed by atoms with Gasteiger partial charge in [0.2, 0.25) is 5.91 Å². The summed E-state index contributed by atoms with van der Waals surface area (Å²) in [6, 6.07) is 7.74. The number of hydrogen-bond acceptors (Lipinski definition) is 4. The van der Waals surface area contributed by atoms with Crippen molar-refractivity contribution in [3.05, 3.63) is 34.3 Å². The second-order valence-electron chi connectivity index (χ2n) is 4.50. The first-order valence-corrected chi connectivity index (χ1v) is 7.01. The van der Waals surface area contributed by atoms with E-state index in [1.165, 1.54) is 7.11 Å². The molecule has 2 unspecified atom stereocenters. The Kier molecular flexibility index (Phi) is 6.67. The summed E-state index contributed by atoms with van der Waals surface area (Å²) in [4.78, 5) is 22.7. The highest BCUT2D eigenvalue weighted by molar-refractivity contribution is 9.10. The first kappa shape index (κ1) is 16.7. The number of benzene rings is 1. The predicted molar refractivity (Wildman–Crippen MR) is 78.2 cm³/mol. The van der Waals surface area contributed by atoms with E-state index in [9.17, 15) is 14.7 Å². The van der Waals surface area contributed by atoms with Crippen LogP contribution in [0.3, 0.4) is 0 Å². The Morgan fingerprint density at radius 3 is 2.50 bits per heavy atom. The summed E-state index contributed by atoms with van der Waals surface area (Å²) in [6.45, 7) is 1.80. The lowest BCUT2D eigenvalue weighted by Crippen LogP contribution is -2.37. The summed E-state index contributed by atoms with van der Waals surface area (Å²) in [5.74, 6) is -0.923. The van der Waals surface area contributed by atoms with E-state index in [0.717, 1.165) is 10.0 Å². The van der Waals surface area contributed by atoms with Crippen molar-refractivity contribution in [2.75, 3.05) is 13.7 Å². The number of halogens is 1. The molecule has 20 heavy (non-hydrogen) atoms. The number of amides is 1. The molecule has 0 bridgehead atoms. The first-order chi connectivity index (χ1) is 9.43. The lowest BCUT2D eigenvalue weighted by molar-refractivity contribution is -0.150. The molecule has 0 aliphatic heterocycles. The van der Waals surface area contributed by atoms with Crippen LogP contribution < -0.4 is 5.32 Å². The van der Waals surface area contributed by atoms with Crippen LogP contribution in [0.5, 0.6) is 0 Å². The van der Waals surface area contributed by atoms with Gasteiger partial charge >= 0.3 is 5.97 Å². The highest BCUT2D eigenvalue weighted by Gasteiger charge is 2.17. The van der Waals surface area contributed by atoms with Gasteiger partial charge in [-0.25, -0.2) is 4.79 Å². The van der Waals surface area contributed by atoms with Crippen LogP contribution in [0.2, 0.25) is 0 Å². The molecular weight excluding hydrogens is 326 g/mol. The molecule has 6 heteroatoms. The second-order valence-corrected chi connectivity index (χ2v) is 5.42. The minimum atomic E-state index is -1.33. The van der Waals surface area contributed by atoms with Gasteiger partial charge in [0, 0.05) is 10.9 Å². The lowest BCUT2D eigenvalue weighted by atomic mass is 9.97. The molecule has 110 valence electrons. The fourth-order valence-electron chi connectivity index (χ4n) is 1.69. The van der Waals surface area contributed by atoms with Gasteiger partial charge in [0.25, 0.3) is 0 Å². The maximum atomic E-state index is 11.7. The topological polar surface area (TPSA) is 75.6 Å². The lowest BCUT2D eigenvalue weighted by Gasteiger charge is -2.13. The van der Waals surface area contributed by atoms with E-state index < -0.39 is 12.1 Å². The van der Waals surface area contributed by atoms with Crippen molar-refractivity contribution in [3.8, 4) is 0 Å². The Bertz CT molecular complexity index is 461. The molecular formula is C14H18BrNO4. The van der Waals surface area contributed by atoms with Crippen LogP contribution in [0.1, 0.15) is 24.8 Å². The van der Waals surface area contributed by atoms with Crippen molar-refractivity contribution in [1.29, 1.82) is 0 Å². The summed E-state index contributed by atoms with van der Waals surface area (Å²) in [6.07, 6.45) is -1.04. The molecule has 0 aliphatic rings. The minimum absolute atomic E-state index is 0.0540. The molecule has 1 aromatic carbocycles. The van der Waals surface area contributed by atoms with Crippen molar-refractivity contribution >= 4 is 27.8 Å². The van der Waals surface area contributed by atoms with Gasteiger partial charge in [0.15, 0.2) is 6.10 Å². The van der Waals surface area contributed by atoms with Gasteiger partial charge in [-0.1, -0.05) is 35.0 Å². The van der Waals surface area contributed by atoms with E-state index in [-0.39, 0.29) is 24.8 Å². The number of carbonyl (C=O) groups is 2. The van der Waals surface area contributed by atoms with E-state index >= 15 is 0 Å². The van der Waals surface area contributed by atoms with Gasteiger partial charge in [-0.15, -0.1) is 0 Å². The van der Waals surface area contributed by atoms with Gasteiger partial charge in [-0.05, 0) is 23.6 Å². The summed E-state index contributed by atoms with van der Waals surface area (Å²) in [5.41, 5.74) is 1.05. The number of methoxy groups -OCH3 is 1. The molecule has 0 saturated carbocycles. The van der Waals surface area contributed by atoms with Crippen LogP contribution in [0.25, 0.3) is 0 Å².